The van der Waals surface area contributed by atoms with Gasteiger partial charge in [-0.25, -0.2) is 0 Å². The SMILES string of the molecule is CC(=O)O[C@@H]1[C@@H]2OC(=O)C[C@@H](O[C@H]1C)[C@@H]2O. The molecule has 2 bridgehead atoms. The summed E-state index contributed by atoms with van der Waals surface area (Å²) in [5.41, 5.74) is 0. The molecule has 2 aliphatic rings. The monoisotopic (exact) mass is 230 g/mol. The van der Waals surface area contributed by atoms with Gasteiger partial charge in [-0.15, -0.1) is 0 Å². The molecule has 2 heterocycles. The minimum absolute atomic E-state index is 0.0365. The van der Waals surface area contributed by atoms with Crippen LogP contribution in [-0.4, -0.2) is 47.6 Å². The topological polar surface area (TPSA) is 82.1 Å². The van der Waals surface area contributed by atoms with E-state index in [0.717, 1.165) is 0 Å². The zero-order chi connectivity index (χ0) is 11.9. The van der Waals surface area contributed by atoms with E-state index >= 15 is 0 Å². The van der Waals surface area contributed by atoms with Gasteiger partial charge in [0.2, 0.25) is 0 Å². The van der Waals surface area contributed by atoms with Gasteiger partial charge in [0, 0.05) is 6.92 Å². The van der Waals surface area contributed by atoms with Crippen molar-refractivity contribution in [3.63, 3.8) is 0 Å². The van der Waals surface area contributed by atoms with Crippen LogP contribution in [0, 0.1) is 0 Å². The van der Waals surface area contributed by atoms with Crippen LogP contribution in [0.1, 0.15) is 20.3 Å². The van der Waals surface area contributed by atoms with Crippen LogP contribution in [0.15, 0.2) is 0 Å². The highest BCUT2D eigenvalue weighted by Crippen LogP contribution is 2.31. The van der Waals surface area contributed by atoms with Crippen molar-refractivity contribution in [1.29, 1.82) is 0 Å². The summed E-state index contributed by atoms with van der Waals surface area (Å²) in [4.78, 5) is 22.1. The number of rotatable bonds is 1. The molecule has 0 aromatic carbocycles. The molecule has 1 N–H and O–H groups in total. The average Bonchev–Trinajstić information content (AvgIpc) is 2.17. The van der Waals surface area contributed by atoms with Gasteiger partial charge in [-0.3, -0.25) is 9.59 Å². The van der Waals surface area contributed by atoms with Crippen molar-refractivity contribution in [3.05, 3.63) is 0 Å². The van der Waals surface area contributed by atoms with Crippen molar-refractivity contribution in [1.82, 2.24) is 0 Å². The molecule has 0 saturated carbocycles. The number of aliphatic hydroxyl groups excluding tert-OH is 1. The fourth-order valence-corrected chi connectivity index (χ4v) is 2.13. The molecule has 0 radical (unpaired) electrons. The van der Waals surface area contributed by atoms with E-state index < -0.39 is 42.5 Å². The van der Waals surface area contributed by atoms with Gasteiger partial charge in [0.1, 0.15) is 6.10 Å². The first kappa shape index (κ1) is 11.3. The van der Waals surface area contributed by atoms with Crippen LogP contribution in [0.2, 0.25) is 0 Å². The molecular weight excluding hydrogens is 216 g/mol. The highest BCUT2D eigenvalue weighted by Gasteiger charge is 2.51. The van der Waals surface area contributed by atoms with Gasteiger partial charge < -0.3 is 19.3 Å². The predicted octanol–water partition coefficient (Wildman–Crippen LogP) is -0.618. The molecule has 2 fully saturated rings. The summed E-state index contributed by atoms with van der Waals surface area (Å²) in [7, 11) is 0. The Hall–Kier alpha value is -1.14. The molecule has 0 unspecified atom stereocenters. The fourth-order valence-electron chi connectivity index (χ4n) is 2.13. The van der Waals surface area contributed by atoms with Crippen LogP contribution in [0.3, 0.4) is 0 Å². The first-order valence-electron chi connectivity index (χ1n) is 5.19. The highest BCUT2D eigenvalue weighted by molar-refractivity contribution is 5.72. The summed E-state index contributed by atoms with van der Waals surface area (Å²) in [5, 5.41) is 9.81. The van der Waals surface area contributed by atoms with Crippen molar-refractivity contribution < 1.29 is 28.9 Å². The van der Waals surface area contributed by atoms with Gasteiger partial charge in [0.15, 0.2) is 12.2 Å². The second-order valence-electron chi connectivity index (χ2n) is 4.10. The molecule has 2 saturated heterocycles. The van der Waals surface area contributed by atoms with Crippen LogP contribution >= 0.6 is 0 Å². The minimum Gasteiger partial charge on any atom is -0.456 e. The molecule has 0 aromatic heterocycles. The van der Waals surface area contributed by atoms with E-state index in [2.05, 4.69) is 0 Å². The van der Waals surface area contributed by atoms with Crippen molar-refractivity contribution >= 4 is 11.9 Å². The van der Waals surface area contributed by atoms with Gasteiger partial charge in [-0.2, -0.15) is 0 Å². The highest BCUT2D eigenvalue weighted by atomic mass is 16.6. The maximum atomic E-state index is 11.2. The van der Waals surface area contributed by atoms with Crippen molar-refractivity contribution in [2.75, 3.05) is 0 Å². The molecule has 0 spiro atoms. The number of esters is 2. The van der Waals surface area contributed by atoms with Crippen LogP contribution in [0.5, 0.6) is 0 Å². The second-order valence-corrected chi connectivity index (χ2v) is 4.10. The third kappa shape index (κ3) is 1.90. The van der Waals surface area contributed by atoms with Crippen molar-refractivity contribution in [3.8, 4) is 0 Å². The summed E-state index contributed by atoms with van der Waals surface area (Å²) in [6.45, 7) is 2.98. The van der Waals surface area contributed by atoms with E-state index in [1.807, 2.05) is 0 Å². The Morgan fingerprint density at radius 3 is 2.88 bits per heavy atom. The number of carbonyl (C=O) groups is 2. The molecule has 16 heavy (non-hydrogen) atoms. The molecular formula is C10H14O6. The van der Waals surface area contributed by atoms with Crippen LogP contribution in [0.25, 0.3) is 0 Å². The summed E-state index contributed by atoms with van der Waals surface area (Å²) in [6.07, 6.45) is -3.41. The summed E-state index contributed by atoms with van der Waals surface area (Å²) in [5.74, 6) is -0.933. The van der Waals surface area contributed by atoms with Crippen molar-refractivity contribution in [2.45, 2.75) is 50.8 Å². The van der Waals surface area contributed by atoms with Gasteiger partial charge in [0.25, 0.3) is 0 Å². The Bertz CT molecular complexity index is 312. The Morgan fingerprint density at radius 2 is 2.25 bits per heavy atom. The van der Waals surface area contributed by atoms with E-state index in [9.17, 15) is 14.7 Å². The molecule has 5 atom stereocenters. The Labute approximate surface area is 92.5 Å². The number of hydrogen-bond donors (Lipinski definition) is 1. The van der Waals surface area contributed by atoms with E-state index in [1.165, 1.54) is 6.92 Å². The Balaban J connectivity index is 2.17. The molecule has 90 valence electrons. The van der Waals surface area contributed by atoms with Crippen molar-refractivity contribution in [2.24, 2.45) is 0 Å². The maximum Gasteiger partial charge on any atom is 0.309 e. The summed E-state index contributed by atoms with van der Waals surface area (Å²) in [6, 6.07) is 0. The lowest BCUT2D eigenvalue weighted by Crippen LogP contribution is -2.62. The second kappa shape index (κ2) is 4.03. The number of fused-ring (bicyclic) bond motifs is 2. The first-order valence-corrected chi connectivity index (χ1v) is 5.19. The lowest BCUT2D eigenvalue weighted by molar-refractivity contribution is -0.256. The Kier molecular flexibility index (Phi) is 2.86. The quantitative estimate of drug-likeness (QED) is 0.605. The van der Waals surface area contributed by atoms with Crippen LogP contribution < -0.4 is 0 Å². The molecule has 2 rings (SSSR count). The third-order valence-corrected chi connectivity index (χ3v) is 2.83. The summed E-state index contributed by atoms with van der Waals surface area (Å²) < 4.78 is 15.4. The zero-order valence-corrected chi connectivity index (χ0v) is 9.08. The number of hydrogen-bond acceptors (Lipinski definition) is 6. The third-order valence-electron chi connectivity index (χ3n) is 2.83. The van der Waals surface area contributed by atoms with E-state index in [-0.39, 0.29) is 6.42 Å². The van der Waals surface area contributed by atoms with Crippen LogP contribution in [0.4, 0.5) is 0 Å². The minimum atomic E-state index is -0.932. The maximum absolute atomic E-state index is 11.2. The molecule has 6 heteroatoms. The first-order chi connectivity index (χ1) is 7.49. The van der Waals surface area contributed by atoms with E-state index in [4.69, 9.17) is 14.2 Å². The molecule has 0 amide bonds. The van der Waals surface area contributed by atoms with Gasteiger partial charge in [-0.05, 0) is 6.92 Å². The van der Waals surface area contributed by atoms with E-state index in [1.54, 1.807) is 6.92 Å². The molecule has 0 aliphatic carbocycles. The summed E-state index contributed by atoms with van der Waals surface area (Å²) >= 11 is 0. The normalized spacial score (nSPS) is 42.4. The molecule has 2 aliphatic heterocycles. The molecule has 0 aromatic rings. The van der Waals surface area contributed by atoms with Gasteiger partial charge in [-0.1, -0.05) is 0 Å². The standard InChI is InChI=1S/C10H14O6/c1-4-9(15-5(2)11)10-8(13)6(14-4)3-7(12)16-10/h4,6,8-10,13H,3H2,1-2H3/t4-,6+,8-,9-,10+/m0/s1. The Morgan fingerprint density at radius 1 is 1.56 bits per heavy atom. The fraction of sp³-hybridized carbons (Fsp3) is 0.800. The molecule has 6 nitrogen and oxygen atoms in total. The lowest BCUT2D eigenvalue weighted by Gasteiger charge is -2.45. The van der Waals surface area contributed by atoms with E-state index in [0.29, 0.717) is 0 Å². The van der Waals surface area contributed by atoms with Gasteiger partial charge in [0.05, 0.1) is 18.6 Å². The number of ether oxygens (including phenoxy) is 3. The number of carbonyl (C=O) groups excluding carboxylic acids is 2. The zero-order valence-electron chi connectivity index (χ0n) is 9.08. The lowest BCUT2D eigenvalue weighted by atomic mass is 9.91. The smallest absolute Gasteiger partial charge is 0.309 e. The number of aliphatic hydroxyl groups is 1. The predicted molar refractivity (Wildman–Crippen MR) is 50.4 cm³/mol. The average molecular weight is 230 g/mol. The van der Waals surface area contributed by atoms with Crippen LogP contribution in [-0.2, 0) is 23.8 Å². The largest absolute Gasteiger partial charge is 0.456 e. The van der Waals surface area contributed by atoms with Gasteiger partial charge >= 0.3 is 11.9 Å².